The molecule has 0 bridgehead atoms. The summed E-state index contributed by atoms with van der Waals surface area (Å²) in [6.07, 6.45) is 2.66. The highest BCUT2D eigenvalue weighted by molar-refractivity contribution is 5.88. The maximum atomic E-state index is 11.0. The summed E-state index contributed by atoms with van der Waals surface area (Å²) in [5.74, 6) is -1.02. The fourth-order valence-electron chi connectivity index (χ4n) is 2.00. The first-order chi connectivity index (χ1) is 10.2. The van der Waals surface area contributed by atoms with Gasteiger partial charge in [0.05, 0.1) is 12.3 Å². The summed E-state index contributed by atoms with van der Waals surface area (Å²) in [4.78, 5) is 18.8. The number of benzene rings is 1. The first-order valence-corrected chi connectivity index (χ1v) is 6.50. The van der Waals surface area contributed by atoms with Crippen LogP contribution in [0.25, 0.3) is 0 Å². The van der Waals surface area contributed by atoms with Crippen molar-refractivity contribution in [3.8, 4) is 0 Å². The molecule has 1 aromatic carbocycles. The van der Waals surface area contributed by atoms with E-state index in [4.69, 9.17) is 9.84 Å². The van der Waals surface area contributed by atoms with E-state index in [0.29, 0.717) is 25.4 Å². The molecule has 0 saturated carbocycles. The average molecular weight is 287 g/mol. The average Bonchev–Trinajstić information content (AvgIpc) is 2.48. The van der Waals surface area contributed by atoms with Gasteiger partial charge >= 0.3 is 5.97 Å². The summed E-state index contributed by atoms with van der Waals surface area (Å²) < 4.78 is 5.10. The molecule has 21 heavy (non-hydrogen) atoms. The zero-order valence-electron chi connectivity index (χ0n) is 11.7. The van der Waals surface area contributed by atoms with Gasteiger partial charge in [-0.05, 0) is 11.1 Å². The molecule has 6 nitrogen and oxygen atoms in total. The highest BCUT2D eigenvalue weighted by Crippen LogP contribution is 2.07. The Labute approximate surface area is 122 Å². The number of nitrogens with one attached hydrogen (secondary N) is 1. The summed E-state index contributed by atoms with van der Waals surface area (Å²) >= 11 is 0. The minimum Gasteiger partial charge on any atom is -0.478 e. The number of carboxylic acid groups (broad SMARTS) is 1. The van der Waals surface area contributed by atoms with Gasteiger partial charge in [0.1, 0.15) is 11.9 Å². The molecule has 0 amide bonds. The maximum absolute atomic E-state index is 11.0. The molecule has 0 atom stereocenters. The minimum absolute atomic E-state index is 0.123. The van der Waals surface area contributed by atoms with Crippen molar-refractivity contribution in [1.29, 1.82) is 0 Å². The van der Waals surface area contributed by atoms with E-state index in [1.165, 1.54) is 12.5 Å². The number of aromatic carboxylic acids is 1. The molecular formula is C15H17N3O3. The van der Waals surface area contributed by atoms with Crippen molar-refractivity contribution in [2.24, 2.45) is 0 Å². The van der Waals surface area contributed by atoms with Crippen molar-refractivity contribution < 1.29 is 14.6 Å². The van der Waals surface area contributed by atoms with E-state index in [2.05, 4.69) is 21.4 Å². The lowest BCUT2D eigenvalue weighted by molar-refractivity contribution is 0.0694. The Morgan fingerprint density at radius 1 is 1.33 bits per heavy atom. The van der Waals surface area contributed by atoms with Crippen molar-refractivity contribution in [3.05, 3.63) is 59.2 Å². The predicted molar refractivity (Wildman–Crippen MR) is 76.7 cm³/mol. The van der Waals surface area contributed by atoms with E-state index < -0.39 is 5.97 Å². The van der Waals surface area contributed by atoms with Gasteiger partial charge < -0.3 is 15.2 Å². The fourth-order valence-corrected chi connectivity index (χ4v) is 2.00. The molecule has 0 fully saturated rings. The Bertz CT molecular complexity index is 617. The molecule has 1 heterocycles. The number of carbonyl (C=O) groups is 1. The van der Waals surface area contributed by atoms with E-state index in [1.807, 2.05) is 18.2 Å². The molecule has 110 valence electrons. The van der Waals surface area contributed by atoms with Crippen LogP contribution in [0.15, 0.2) is 36.8 Å². The number of hydrogen-bond donors (Lipinski definition) is 2. The van der Waals surface area contributed by atoms with Gasteiger partial charge in [-0.15, -0.1) is 0 Å². The minimum atomic E-state index is -1.02. The Kier molecular flexibility index (Phi) is 5.36. The Hall–Kier alpha value is -2.31. The van der Waals surface area contributed by atoms with Gasteiger partial charge in [-0.1, -0.05) is 24.3 Å². The number of rotatable bonds is 7. The highest BCUT2D eigenvalue weighted by atomic mass is 16.5. The number of ether oxygens (including phenoxy) is 1. The van der Waals surface area contributed by atoms with E-state index in [1.54, 1.807) is 7.11 Å². The third-order valence-corrected chi connectivity index (χ3v) is 2.95. The van der Waals surface area contributed by atoms with Crippen LogP contribution in [0.2, 0.25) is 0 Å². The Morgan fingerprint density at radius 3 is 2.90 bits per heavy atom. The summed E-state index contributed by atoms with van der Waals surface area (Å²) in [6.45, 7) is 1.57. The first-order valence-electron chi connectivity index (χ1n) is 6.50. The standard InChI is InChI=1S/C15H17N3O3/c1-21-9-12-4-2-3-11(5-12)6-16-8-14-13(15(19)20)7-17-10-18-14/h2-5,7,10,16H,6,8-9H2,1H3,(H,19,20). The van der Waals surface area contributed by atoms with Crippen LogP contribution in [0.5, 0.6) is 0 Å². The van der Waals surface area contributed by atoms with Crippen LogP contribution in [-0.4, -0.2) is 28.2 Å². The number of nitrogens with zero attached hydrogens (tertiary/aromatic N) is 2. The molecule has 0 radical (unpaired) electrons. The van der Waals surface area contributed by atoms with Crippen LogP contribution in [0.4, 0.5) is 0 Å². The van der Waals surface area contributed by atoms with Gasteiger partial charge in [-0.2, -0.15) is 0 Å². The summed E-state index contributed by atoms with van der Waals surface area (Å²) in [5, 5.41) is 12.2. The van der Waals surface area contributed by atoms with E-state index >= 15 is 0 Å². The van der Waals surface area contributed by atoms with Gasteiger partial charge in [-0.25, -0.2) is 14.8 Å². The lowest BCUT2D eigenvalue weighted by Crippen LogP contribution is -2.17. The van der Waals surface area contributed by atoms with Crippen LogP contribution < -0.4 is 5.32 Å². The summed E-state index contributed by atoms with van der Waals surface area (Å²) in [5.41, 5.74) is 2.81. The lowest BCUT2D eigenvalue weighted by Gasteiger charge is -2.08. The van der Waals surface area contributed by atoms with Gasteiger partial charge in [0.15, 0.2) is 0 Å². The van der Waals surface area contributed by atoms with Gasteiger partial charge in [0, 0.05) is 26.4 Å². The number of carboxylic acids is 1. The van der Waals surface area contributed by atoms with Crippen molar-refractivity contribution in [1.82, 2.24) is 15.3 Å². The Morgan fingerprint density at radius 2 is 2.14 bits per heavy atom. The molecule has 2 aromatic rings. The SMILES string of the molecule is COCc1cccc(CNCc2ncncc2C(=O)O)c1. The van der Waals surface area contributed by atoms with Crippen molar-refractivity contribution in [3.63, 3.8) is 0 Å². The van der Waals surface area contributed by atoms with Crippen molar-refractivity contribution in [2.75, 3.05) is 7.11 Å². The van der Waals surface area contributed by atoms with Crippen LogP contribution in [0, 0.1) is 0 Å². The molecule has 0 spiro atoms. The topological polar surface area (TPSA) is 84.3 Å². The third kappa shape index (κ3) is 4.34. The molecule has 6 heteroatoms. The maximum Gasteiger partial charge on any atom is 0.339 e. The lowest BCUT2D eigenvalue weighted by atomic mass is 10.1. The third-order valence-electron chi connectivity index (χ3n) is 2.95. The van der Waals surface area contributed by atoms with Crippen molar-refractivity contribution >= 4 is 5.97 Å². The monoisotopic (exact) mass is 287 g/mol. The second kappa shape index (κ2) is 7.47. The van der Waals surface area contributed by atoms with Crippen LogP contribution in [0.3, 0.4) is 0 Å². The van der Waals surface area contributed by atoms with Gasteiger partial charge in [-0.3, -0.25) is 0 Å². The highest BCUT2D eigenvalue weighted by Gasteiger charge is 2.10. The number of methoxy groups -OCH3 is 1. The summed E-state index contributed by atoms with van der Waals surface area (Å²) in [7, 11) is 1.66. The second-order valence-corrected chi connectivity index (χ2v) is 4.54. The molecule has 2 N–H and O–H groups in total. The number of aromatic nitrogens is 2. The van der Waals surface area contributed by atoms with Gasteiger partial charge in [0.2, 0.25) is 0 Å². The molecular weight excluding hydrogens is 270 g/mol. The molecule has 0 saturated heterocycles. The second-order valence-electron chi connectivity index (χ2n) is 4.54. The van der Waals surface area contributed by atoms with E-state index in [0.717, 1.165) is 11.1 Å². The number of hydrogen-bond acceptors (Lipinski definition) is 5. The molecule has 1 aromatic heterocycles. The molecule has 0 aliphatic heterocycles. The molecule has 2 rings (SSSR count). The fraction of sp³-hybridized carbons (Fsp3) is 0.267. The first kappa shape index (κ1) is 15.1. The Balaban J connectivity index is 1.95. The zero-order valence-corrected chi connectivity index (χ0v) is 11.7. The van der Waals surface area contributed by atoms with Gasteiger partial charge in [0.25, 0.3) is 0 Å². The zero-order chi connectivity index (χ0) is 15.1. The van der Waals surface area contributed by atoms with E-state index in [9.17, 15) is 4.79 Å². The van der Waals surface area contributed by atoms with E-state index in [-0.39, 0.29) is 5.56 Å². The summed E-state index contributed by atoms with van der Waals surface area (Å²) in [6, 6.07) is 8.03. The molecule has 0 unspecified atom stereocenters. The van der Waals surface area contributed by atoms with Crippen molar-refractivity contribution in [2.45, 2.75) is 19.7 Å². The molecule has 0 aliphatic rings. The van der Waals surface area contributed by atoms with Crippen LogP contribution in [0.1, 0.15) is 27.2 Å². The largest absolute Gasteiger partial charge is 0.478 e. The predicted octanol–water partition coefficient (Wildman–Crippen LogP) is 1.61. The molecule has 0 aliphatic carbocycles. The van der Waals surface area contributed by atoms with Crippen LogP contribution >= 0.6 is 0 Å². The smallest absolute Gasteiger partial charge is 0.339 e. The van der Waals surface area contributed by atoms with Crippen LogP contribution in [-0.2, 0) is 24.4 Å². The quantitative estimate of drug-likeness (QED) is 0.805. The normalized spacial score (nSPS) is 10.5.